The topological polar surface area (TPSA) is 60.2 Å². The molecule has 0 bridgehead atoms. The van der Waals surface area contributed by atoms with E-state index in [4.69, 9.17) is 4.74 Å². The van der Waals surface area contributed by atoms with Crippen LogP contribution in [0, 0.1) is 12.7 Å². The molecule has 2 aromatic carbocycles. The number of benzene rings is 2. The van der Waals surface area contributed by atoms with Crippen molar-refractivity contribution >= 4 is 12.0 Å². The van der Waals surface area contributed by atoms with Crippen LogP contribution in [0.25, 0.3) is 11.8 Å². The van der Waals surface area contributed by atoms with E-state index in [0.717, 1.165) is 40.9 Å². The Kier molecular flexibility index (Phi) is 5.84. The summed E-state index contributed by atoms with van der Waals surface area (Å²) < 4.78 is 20.5. The van der Waals surface area contributed by atoms with Crippen LogP contribution < -0.4 is 4.74 Å². The summed E-state index contributed by atoms with van der Waals surface area (Å²) in [6, 6.07) is 12.0. The molecule has 1 saturated heterocycles. The molecular weight excluding hydrogens is 395 g/mol. The van der Waals surface area contributed by atoms with E-state index in [1.165, 1.54) is 12.1 Å². The average molecular weight is 420 g/mol. The number of hydrogen-bond donors (Lipinski definition) is 0. The molecule has 1 atom stereocenters. The third-order valence-electron chi connectivity index (χ3n) is 5.60. The Hall–Kier alpha value is -3.48. The fourth-order valence-corrected chi connectivity index (χ4v) is 3.90. The Morgan fingerprint density at radius 3 is 2.65 bits per heavy atom. The molecule has 7 heteroatoms. The largest absolute Gasteiger partial charge is 0.494 e. The summed E-state index contributed by atoms with van der Waals surface area (Å²) in [5, 5.41) is 8.13. The minimum absolute atomic E-state index is 0.0121. The van der Waals surface area contributed by atoms with Crippen LogP contribution in [0.4, 0.5) is 4.39 Å². The second-order valence-electron chi connectivity index (χ2n) is 7.73. The molecule has 4 rings (SSSR count). The van der Waals surface area contributed by atoms with E-state index in [1.54, 1.807) is 23.9 Å². The van der Waals surface area contributed by atoms with Crippen molar-refractivity contribution in [1.29, 1.82) is 0 Å². The number of hydrogen-bond acceptors (Lipinski definition) is 4. The number of nitrogens with zero attached hydrogens (tertiary/aromatic N) is 4. The van der Waals surface area contributed by atoms with Crippen LogP contribution in [0.3, 0.4) is 0 Å². The van der Waals surface area contributed by atoms with Crippen molar-refractivity contribution < 1.29 is 13.9 Å². The molecule has 0 N–H and O–H groups in total. The lowest BCUT2D eigenvalue weighted by Crippen LogP contribution is -2.38. The predicted molar refractivity (Wildman–Crippen MR) is 116 cm³/mol. The van der Waals surface area contributed by atoms with Gasteiger partial charge in [-0.15, -0.1) is 5.10 Å². The molecule has 1 amide bonds. The Bertz CT molecular complexity index is 1120. The number of rotatable bonds is 5. The molecule has 31 heavy (non-hydrogen) atoms. The number of methoxy groups -OCH3 is 1. The Labute approximate surface area is 180 Å². The average Bonchev–Trinajstić information content (AvgIpc) is 3.21. The summed E-state index contributed by atoms with van der Waals surface area (Å²) >= 11 is 0. The summed E-state index contributed by atoms with van der Waals surface area (Å²) in [6.45, 7) is 4.54. The highest BCUT2D eigenvalue weighted by Gasteiger charge is 2.28. The van der Waals surface area contributed by atoms with E-state index >= 15 is 0 Å². The summed E-state index contributed by atoms with van der Waals surface area (Å²) in [4.78, 5) is 15.0. The van der Waals surface area contributed by atoms with Gasteiger partial charge in [-0.05, 0) is 68.2 Å². The van der Waals surface area contributed by atoms with E-state index in [1.807, 2.05) is 49.2 Å². The van der Waals surface area contributed by atoms with Crippen molar-refractivity contribution in [3.8, 4) is 11.4 Å². The van der Waals surface area contributed by atoms with Crippen LogP contribution in [0.5, 0.6) is 5.75 Å². The van der Waals surface area contributed by atoms with Crippen molar-refractivity contribution in [3.63, 3.8) is 0 Å². The van der Waals surface area contributed by atoms with Gasteiger partial charge in [0.05, 0.1) is 25.0 Å². The molecule has 6 nitrogen and oxygen atoms in total. The Morgan fingerprint density at radius 2 is 1.97 bits per heavy atom. The van der Waals surface area contributed by atoms with Gasteiger partial charge in [0.25, 0.3) is 0 Å². The van der Waals surface area contributed by atoms with Crippen LogP contribution in [0.1, 0.15) is 42.6 Å². The zero-order chi connectivity index (χ0) is 22.0. The first-order valence-electron chi connectivity index (χ1n) is 10.3. The molecule has 0 radical (unpaired) electrons. The van der Waals surface area contributed by atoms with Crippen molar-refractivity contribution in [2.45, 2.75) is 32.7 Å². The van der Waals surface area contributed by atoms with Crippen molar-refractivity contribution in [1.82, 2.24) is 19.9 Å². The standard InChI is InChI=1S/C24H25FN4O2/c1-16-15-29(27-26-16)22-11-6-18(14-23(22)31-3)13-20-5-4-12-28(24(20)30)17(2)19-7-9-21(25)10-8-19/h6-11,13-15,17H,4-5,12H2,1-3H3/t17-/m0/s1. The molecule has 0 saturated carbocycles. The first-order valence-corrected chi connectivity index (χ1v) is 10.3. The van der Waals surface area contributed by atoms with Gasteiger partial charge in [-0.3, -0.25) is 4.79 Å². The second-order valence-corrected chi connectivity index (χ2v) is 7.73. The number of ether oxygens (including phenoxy) is 1. The van der Waals surface area contributed by atoms with Gasteiger partial charge in [0.2, 0.25) is 5.91 Å². The summed E-state index contributed by atoms with van der Waals surface area (Å²) in [5.41, 5.74) is 4.16. The molecule has 0 aliphatic carbocycles. The minimum Gasteiger partial charge on any atom is -0.494 e. The van der Waals surface area contributed by atoms with Crippen LogP contribution >= 0.6 is 0 Å². The summed E-state index contributed by atoms with van der Waals surface area (Å²) in [5.74, 6) is 0.386. The number of likely N-dealkylation sites (tertiary alicyclic amines) is 1. The number of halogens is 1. The number of carbonyl (C=O) groups is 1. The molecule has 1 fully saturated rings. The normalized spacial score (nSPS) is 16.6. The SMILES string of the molecule is COc1cc(C=C2CCCN([C@@H](C)c3ccc(F)cc3)C2=O)ccc1-n1cc(C)nn1. The highest BCUT2D eigenvalue weighted by Crippen LogP contribution is 2.30. The highest BCUT2D eigenvalue weighted by atomic mass is 19.1. The molecule has 1 aromatic heterocycles. The number of carbonyl (C=O) groups excluding carboxylic acids is 1. The molecule has 1 aliphatic rings. The van der Waals surface area contributed by atoms with Crippen molar-refractivity contribution in [2.24, 2.45) is 0 Å². The van der Waals surface area contributed by atoms with Gasteiger partial charge in [-0.1, -0.05) is 23.4 Å². The van der Waals surface area contributed by atoms with Gasteiger partial charge in [0.15, 0.2) is 0 Å². The highest BCUT2D eigenvalue weighted by molar-refractivity contribution is 5.98. The molecule has 160 valence electrons. The van der Waals surface area contributed by atoms with E-state index in [-0.39, 0.29) is 17.8 Å². The first kappa shape index (κ1) is 20.8. The summed E-state index contributed by atoms with van der Waals surface area (Å²) in [7, 11) is 1.61. The zero-order valence-corrected chi connectivity index (χ0v) is 17.9. The smallest absolute Gasteiger partial charge is 0.250 e. The molecular formula is C24H25FN4O2. The second kappa shape index (κ2) is 8.71. The maximum absolute atomic E-state index is 13.3. The quantitative estimate of drug-likeness (QED) is 0.571. The van der Waals surface area contributed by atoms with E-state index < -0.39 is 0 Å². The summed E-state index contributed by atoms with van der Waals surface area (Å²) in [6.07, 6.45) is 5.36. The molecule has 3 aromatic rings. The van der Waals surface area contributed by atoms with Gasteiger partial charge >= 0.3 is 0 Å². The lowest BCUT2D eigenvalue weighted by Gasteiger charge is -2.34. The van der Waals surface area contributed by atoms with Gasteiger partial charge in [0, 0.05) is 12.1 Å². The first-order chi connectivity index (χ1) is 15.0. The maximum Gasteiger partial charge on any atom is 0.250 e. The van der Waals surface area contributed by atoms with Gasteiger partial charge in [-0.25, -0.2) is 9.07 Å². The lowest BCUT2D eigenvalue weighted by atomic mass is 9.97. The van der Waals surface area contributed by atoms with Gasteiger partial charge in [-0.2, -0.15) is 0 Å². The van der Waals surface area contributed by atoms with Gasteiger partial charge < -0.3 is 9.64 Å². The number of aryl methyl sites for hydroxylation is 1. The van der Waals surface area contributed by atoms with Gasteiger partial charge in [0.1, 0.15) is 17.3 Å². The van der Waals surface area contributed by atoms with Crippen LogP contribution in [0.15, 0.2) is 54.2 Å². The van der Waals surface area contributed by atoms with E-state index in [9.17, 15) is 9.18 Å². The fraction of sp³-hybridized carbons (Fsp3) is 0.292. The third kappa shape index (κ3) is 4.35. The van der Waals surface area contributed by atoms with Crippen molar-refractivity contribution in [2.75, 3.05) is 13.7 Å². The van der Waals surface area contributed by atoms with E-state index in [2.05, 4.69) is 10.3 Å². The fourth-order valence-electron chi connectivity index (χ4n) is 3.90. The van der Waals surface area contributed by atoms with Crippen molar-refractivity contribution in [3.05, 3.63) is 76.9 Å². The van der Waals surface area contributed by atoms with Crippen LogP contribution in [-0.2, 0) is 4.79 Å². The number of aromatic nitrogens is 3. The minimum atomic E-state index is -0.278. The third-order valence-corrected chi connectivity index (χ3v) is 5.60. The molecule has 1 aliphatic heterocycles. The number of amides is 1. The Balaban J connectivity index is 1.59. The predicted octanol–water partition coefficient (Wildman–Crippen LogP) is 4.49. The lowest BCUT2D eigenvalue weighted by molar-refractivity contribution is -0.130. The zero-order valence-electron chi connectivity index (χ0n) is 17.9. The molecule has 2 heterocycles. The maximum atomic E-state index is 13.3. The molecule has 0 unspecified atom stereocenters. The van der Waals surface area contributed by atoms with E-state index in [0.29, 0.717) is 12.3 Å². The number of piperidine rings is 1. The molecule has 0 spiro atoms. The van der Waals surface area contributed by atoms with Crippen LogP contribution in [-0.4, -0.2) is 39.5 Å². The Morgan fingerprint density at radius 1 is 1.19 bits per heavy atom. The monoisotopic (exact) mass is 420 g/mol. The van der Waals surface area contributed by atoms with Crippen LogP contribution in [0.2, 0.25) is 0 Å².